The molecule has 0 radical (unpaired) electrons. The SMILES string of the molecule is C1=CC2Sc3ccc(N4C5CC=CCC5C5C(N(C6=CC(C7=CCCC=C7)=CCC6)c6ccccc6)CCCC54)cc3C2C=C1. The van der Waals surface area contributed by atoms with Gasteiger partial charge in [0.1, 0.15) is 0 Å². The Bertz CT molecular complexity index is 1670. The maximum Gasteiger partial charge on any atom is 0.0410 e. The van der Waals surface area contributed by atoms with E-state index in [1.807, 2.05) is 0 Å². The highest BCUT2D eigenvalue weighted by Gasteiger charge is 2.54. The Balaban J connectivity index is 1.11. The van der Waals surface area contributed by atoms with Gasteiger partial charge in [-0.25, -0.2) is 0 Å². The van der Waals surface area contributed by atoms with E-state index >= 15 is 0 Å². The van der Waals surface area contributed by atoms with E-state index in [1.54, 1.807) is 5.56 Å². The molecule has 7 atom stereocenters. The van der Waals surface area contributed by atoms with Crippen LogP contribution in [0.2, 0.25) is 0 Å². The number of hydrogen-bond acceptors (Lipinski definition) is 3. The van der Waals surface area contributed by atoms with Gasteiger partial charge >= 0.3 is 0 Å². The largest absolute Gasteiger partial charge is 0.365 e. The molecule has 9 rings (SSSR count). The van der Waals surface area contributed by atoms with Gasteiger partial charge in [0, 0.05) is 57.2 Å². The molecule has 0 N–H and O–H groups in total. The van der Waals surface area contributed by atoms with Crippen molar-refractivity contribution in [3.63, 3.8) is 0 Å². The Morgan fingerprint density at radius 2 is 1.69 bits per heavy atom. The Morgan fingerprint density at radius 1 is 0.800 bits per heavy atom. The second-order valence-corrected chi connectivity index (χ2v) is 15.2. The molecule has 7 unspecified atom stereocenters. The zero-order chi connectivity index (χ0) is 29.7. The topological polar surface area (TPSA) is 6.48 Å². The number of thioether (sulfide) groups is 1. The van der Waals surface area contributed by atoms with Gasteiger partial charge in [-0.3, -0.25) is 0 Å². The summed E-state index contributed by atoms with van der Waals surface area (Å²) < 4.78 is 0. The van der Waals surface area contributed by atoms with Crippen molar-refractivity contribution in [1.82, 2.24) is 0 Å². The lowest BCUT2D eigenvalue weighted by atomic mass is 9.71. The first kappa shape index (κ1) is 27.8. The van der Waals surface area contributed by atoms with E-state index in [1.165, 1.54) is 71.6 Å². The van der Waals surface area contributed by atoms with Crippen LogP contribution in [0.3, 0.4) is 0 Å². The average molecular weight is 609 g/mol. The average Bonchev–Trinajstić information content (AvgIpc) is 3.65. The van der Waals surface area contributed by atoms with Gasteiger partial charge in [0.25, 0.3) is 0 Å². The van der Waals surface area contributed by atoms with Gasteiger partial charge in [0.15, 0.2) is 0 Å². The van der Waals surface area contributed by atoms with Gasteiger partial charge in [-0.2, -0.15) is 0 Å². The fraction of sp³-hybridized carbons (Fsp3) is 0.381. The molecule has 0 spiro atoms. The van der Waals surface area contributed by atoms with Crippen molar-refractivity contribution < 1.29 is 0 Å². The molecule has 0 aromatic heterocycles. The van der Waals surface area contributed by atoms with Crippen molar-refractivity contribution >= 4 is 23.1 Å². The van der Waals surface area contributed by atoms with E-state index in [-0.39, 0.29) is 0 Å². The molecule has 2 aliphatic heterocycles. The first-order chi connectivity index (χ1) is 22.3. The number of hydrogen-bond donors (Lipinski definition) is 0. The standard InChI is InChI=1S/C42H44N2S/c1-3-13-29(14-4-1)30-15-11-18-32(27-30)43(31-16-5-2-6-17-31)38-22-12-23-39-42(38)35-20-7-9-21-37(35)44(39)33-25-26-41-36(28-33)34-19-8-10-24-40(34)45-41/h2-3,5-10,13-17,19,24-28,34-35,37-40,42H,1,4,11-12,18,20-23H2. The van der Waals surface area contributed by atoms with Crippen LogP contribution in [0.1, 0.15) is 69.3 Å². The van der Waals surface area contributed by atoms with Gasteiger partial charge in [0.05, 0.1) is 0 Å². The van der Waals surface area contributed by atoms with E-state index in [0.29, 0.717) is 41.1 Å². The lowest BCUT2D eigenvalue weighted by Gasteiger charge is -2.46. The lowest BCUT2D eigenvalue weighted by molar-refractivity contribution is 0.226. The smallest absolute Gasteiger partial charge is 0.0410 e. The summed E-state index contributed by atoms with van der Waals surface area (Å²) in [6.07, 6.45) is 37.3. The predicted octanol–water partition coefficient (Wildman–Crippen LogP) is 10.4. The summed E-state index contributed by atoms with van der Waals surface area (Å²) in [5.41, 5.74) is 8.75. The van der Waals surface area contributed by atoms with Crippen LogP contribution in [0.15, 0.2) is 137 Å². The molecule has 2 aromatic rings. The van der Waals surface area contributed by atoms with Crippen LogP contribution in [0.25, 0.3) is 0 Å². The van der Waals surface area contributed by atoms with Crippen molar-refractivity contribution in [2.45, 2.75) is 92.0 Å². The normalized spacial score (nSPS) is 32.7. The Morgan fingerprint density at radius 3 is 2.60 bits per heavy atom. The van der Waals surface area contributed by atoms with Crippen molar-refractivity contribution in [1.29, 1.82) is 0 Å². The van der Waals surface area contributed by atoms with E-state index < -0.39 is 0 Å². The lowest BCUT2D eigenvalue weighted by Crippen LogP contribution is -2.50. The van der Waals surface area contributed by atoms with Gasteiger partial charge in [-0.1, -0.05) is 79.0 Å². The summed E-state index contributed by atoms with van der Waals surface area (Å²) in [5.74, 6) is 1.84. The molecule has 1 saturated heterocycles. The maximum absolute atomic E-state index is 2.94. The molecular formula is C42H44N2S. The number of nitrogens with zero attached hydrogens (tertiary/aromatic N) is 2. The fourth-order valence-corrected chi connectivity index (χ4v) is 11.1. The number of allylic oxidation sites excluding steroid dienone is 12. The molecular weight excluding hydrogens is 565 g/mol. The van der Waals surface area contributed by atoms with E-state index in [9.17, 15) is 0 Å². The van der Waals surface area contributed by atoms with Gasteiger partial charge in [0.2, 0.25) is 0 Å². The molecule has 2 heterocycles. The Kier molecular flexibility index (Phi) is 7.26. The minimum atomic E-state index is 0.511. The minimum Gasteiger partial charge on any atom is -0.365 e. The molecule has 2 aromatic carbocycles. The van der Waals surface area contributed by atoms with Crippen LogP contribution in [0, 0.1) is 11.8 Å². The summed E-state index contributed by atoms with van der Waals surface area (Å²) in [5, 5.41) is 0.554. The van der Waals surface area contributed by atoms with Crippen molar-refractivity contribution in [2.24, 2.45) is 11.8 Å². The highest BCUT2D eigenvalue weighted by atomic mass is 32.2. The van der Waals surface area contributed by atoms with Crippen molar-refractivity contribution in [3.05, 3.63) is 138 Å². The minimum absolute atomic E-state index is 0.511. The summed E-state index contributed by atoms with van der Waals surface area (Å²) in [6, 6.07) is 20.6. The highest BCUT2D eigenvalue weighted by Crippen LogP contribution is 2.54. The third kappa shape index (κ3) is 4.85. The van der Waals surface area contributed by atoms with Crippen LogP contribution in [0.5, 0.6) is 0 Å². The number of benzene rings is 2. The first-order valence-corrected chi connectivity index (χ1v) is 18.4. The van der Waals surface area contributed by atoms with Gasteiger partial charge in [-0.05, 0) is 117 Å². The first-order valence-electron chi connectivity index (χ1n) is 17.5. The molecule has 5 aliphatic carbocycles. The molecule has 228 valence electrons. The van der Waals surface area contributed by atoms with E-state index in [0.717, 1.165) is 19.3 Å². The zero-order valence-electron chi connectivity index (χ0n) is 26.2. The second kappa shape index (κ2) is 11.7. The van der Waals surface area contributed by atoms with Gasteiger partial charge < -0.3 is 9.80 Å². The van der Waals surface area contributed by atoms with E-state index in [2.05, 4.69) is 137 Å². The predicted molar refractivity (Wildman–Crippen MR) is 191 cm³/mol. The third-order valence-corrected chi connectivity index (χ3v) is 13.0. The van der Waals surface area contributed by atoms with Gasteiger partial charge in [-0.15, -0.1) is 11.8 Å². The Hall–Kier alpha value is -3.43. The third-order valence-electron chi connectivity index (χ3n) is 11.6. The van der Waals surface area contributed by atoms with Crippen LogP contribution >= 0.6 is 11.8 Å². The van der Waals surface area contributed by atoms with Crippen molar-refractivity contribution in [3.8, 4) is 0 Å². The summed E-state index contributed by atoms with van der Waals surface area (Å²) >= 11 is 2.05. The molecule has 3 heteroatoms. The van der Waals surface area contributed by atoms with Crippen LogP contribution in [-0.2, 0) is 0 Å². The summed E-state index contributed by atoms with van der Waals surface area (Å²) in [6.45, 7) is 0. The molecule has 45 heavy (non-hydrogen) atoms. The number of anilines is 2. The molecule has 7 aliphatic rings. The maximum atomic E-state index is 2.94. The summed E-state index contributed by atoms with van der Waals surface area (Å²) in [4.78, 5) is 7.25. The second-order valence-electron chi connectivity index (χ2n) is 14.0. The Labute approximate surface area is 273 Å². The quantitative estimate of drug-likeness (QED) is 0.312. The highest BCUT2D eigenvalue weighted by molar-refractivity contribution is 8.00. The summed E-state index contributed by atoms with van der Waals surface area (Å²) in [7, 11) is 0. The number of para-hydroxylation sites is 1. The molecule has 1 saturated carbocycles. The zero-order valence-corrected chi connectivity index (χ0v) is 27.0. The fourth-order valence-electron chi connectivity index (χ4n) is 9.81. The van der Waals surface area contributed by atoms with Crippen LogP contribution in [0.4, 0.5) is 11.4 Å². The monoisotopic (exact) mass is 608 g/mol. The molecule has 2 nitrogen and oxygen atoms in total. The van der Waals surface area contributed by atoms with E-state index in [4.69, 9.17) is 0 Å². The number of fused-ring (bicyclic) bond motifs is 6. The van der Waals surface area contributed by atoms with Crippen LogP contribution < -0.4 is 9.80 Å². The number of rotatable bonds is 5. The molecule has 2 fully saturated rings. The van der Waals surface area contributed by atoms with Crippen molar-refractivity contribution in [2.75, 3.05) is 9.80 Å². The molecule has 0 amide bonds. The molecule has 0 bridgehead atoms. The van der Waals surface area contributed by atoms with Crippen LogP contribution in [-0.4, -0.2) is 23.4 Å².